The Bertz CT molecular complexity index is 1370. The van der Waals surface area contributed by atoms with E-state index in [4.69, 9.17) is 19.3 Å². The van der Waals surface area contributed by atoms with Gasteiger partial charge >= 0.3 is 0 Å². The maximum absolute atomic E-state index is 11.7. The molecule has 37 heavy (non-hydrogen) atoms. The predicted octanol–water partition coefficient (Wildman–Crippen LogP) is 6.82. The quantitative estimate of drug-likeness (QED) is 0.232. The van der Waals surface area contributed by atoms with Crippen LogP contribution in [0.5, 0.6) is 5.75 Å². The number of furan rings is 1. The van der Waals surface area contributed by atoms with Gasteiger partial charge in [-0.15, -0.1) is 0 Å². The minimum absolute atomic E-state index is 0.0755. The number of rotatable bonds is 10. The lowest BCUT2D eigenvalue weighted by Crippen LogP contribution is -2.45. The summed E-state index contributed by atoms with van der Waals surface area (Å²) in [4.78, 5) is 15.9. The zero-order valence-corrected chi connectivity index (χ0v) is 23.5. The molecule has 0 aliphatic carbocycles. The molecule has 8 heteroatoms. The van der Waals surface area contributed by atoms with E-state index in [-0.39, 0.29) is 22.9 Å². The molecule has 0 saturated carbocycles. The molecule has 2 unspecified atom stereocenters. The lowest BCUT2D eigenvalue weighted by Gasteiger charge is -2.40. The SMILES string of the molecule is CC(O[Si](C)(C)C(C)(C)C)C(CCOc1cccc(-c2occ3ccccc23)c1)n1cnc(C(N)=O)c1. The second-order valence-electron chi connectivity index (χ2n) is 11.0. The molecule has 0 saturated heterocycles. The van der Waals surface area contributed by atoms with Crippen molar-refractivity contribution in [3.05, 3.63) is 73.0 Å². The molecule has 2 atom stereocenters. The van der Waals surface area contributed by atoms with Crippen molar-refractivity contribution in [1.29, 1.82) is 0 Å². The van der Waals surface area contributed by atoms with Gasteiger partial charge in [0, 0.05) is 29.0 Å². The Balaban J connectivity index is 1.50. The number of hydrogen-bond acceptors (Lipinski definition) is 5. The number of amides is 1. The molecule has 2 N–H and O–H groups in total. The number of nitrogens with two attached hydrogens (primary N) is 1. The van der Waals surface area contributed by atoms with E-state index >= 15 is 0 Å². The Hall–Kier alpha value is -3.36. The normalized spacial score (nSPS) is 14.0. The van der Waals surface area contributed by atoms with E-state index < -0.39 is 14.2 Å². The van der Waals surface area contributed by atoms with Gasteiger partial charge in [0.2, 0.25) is 0 Å². The highest BCUT2D eigenvalue weighted by molar-refractivity contribution is 6.74. The molecule has 196 valence electrons. The Morgan fingerprint density at radius 1 is 1.16 bits per heavy atom. The van der Waals surface area contributed by atoms with Crippen molar-refractivity contribution in [2.45, 2.75) is 64.4 Å². The third kappa shape index (κ3) is 5.97. The highest BCUT2D eigenvalue weighted by Gasteiger charge is 2.40. The molecule has 2 aromatic carbocycles. The molecule has 0 aliphatic rings. The highest BCUT2D eigenvalue weighted by Crippen LogP contribution is 2.39. The van der Waals surface area contributed by atoms with Crippen molar-refractivity contribution in [3.63, 3.8) is 0 Å². The first-order chi connectivity index (χ1) is 17.5. The lowest BCUT2D eigenvalue weighted by atomic mass is 10.1. The van der Waals surface area contributed by atoms with Gasteiger partial charge in [0.05, 0.1) is 31.3 Å². The monoisotopic (exact) mass is 519 g/mol. The Labute approximate surface area is 219 Å². The van der Waals surface area contributed by atoms with Crippen LogP contribution in [0.2, 0.25) is 18.1 Å². The predicted molar refractivity (Wildman–Crippen MR) is 149 cm³/mol. The maximum atomic E-state index is 11.7. The van der Waals surface area contributed by atoms with Crippen LogP contribution in [0.4, 0.5) is 0 Å². The summed E-state index contributed by atoms with van der Waals surface area (Å²) in [5, 5.41) is 2.21. The van der Waals surface area contributed by atoms with Crippen LogP contribution >= 0.6 is 0 Å². The molecule has 0 aliphatic heterocycles. The van der Waals surface area contributed by atoms with Crippen molar-refractivity contribution in [2.75, 3.05) is 6.61 Å². The van der Waals surface area contributed by atoms with Gasteiger partial charge < -0.3 is 23.9 Å². The van der Waals surface area contributed by atoms with Crippen molar-refractivity contribution in [2.24, 2.45) is 5.73 Å². The van der Waals surface area contributed by atoms with Crippen LogP contribution in [-0.4, -0.2) is 36.5 Å². The van der Waals surface area contributed by atoms with E-state index in [9.17, 15) is 4.79 Å². The summed E-state index contributed by atoms with van der Waals surface area (Å²) >= 11 is 0. The lowest BCUT2D eigenvalue weighted by molar-refractivity contribution is 0.0994. The third-order valence-corrected chi connectivity index (χ3v) is 11.9. The average Bonchev–Trinajstić information content (AvgIpc) is 3.49. The molecule has 0 radical (unpaired) electrons. The molecule has 2 heterocycles. The van der Waals surface area contributed by atoms with Crippen LogP contribution in [0.1, 0.15) is 50.6 Å². The number of nitrogens with zero attached hydrogens (tertiary/aromatic N) is 2. The largest absolute Gasteiger partial charge is 0.493 e. The van der Waals surface area contributed by atoms with Crippen LogP contribution in [0.15, 0.2) is 71.7 Å². The number of fused-ring (bicyclic) bond motifs is 1. The zero-order valence-electron chi connectivity index (χ0n) is 22.5. The van der Waals surface area contributed by atoms with Crippen molar-refractivity contribution >= 4 is 25.0 Å². The molecule has 0 spiro atoms. The summed E-state index contributed by atoms with van der Waals surface area (Å²) in [5.74, 6) is 1.04. The molecule has 1 amide bonds. The average molecular weight is 520 g/mol. The number of carbonyl (C=O) groups is 1. The maximum Gasteiger partial charge on any atom is 0.268 e. The third-order valence-electron chi connectivity index (χ3n) is 7.35. The number of hydrogen-bond donors (Lipinski definition) is 1. The van der Waals surface area contributed by atoms with E-state index in [2.05, 4.69) is 51.8 Å². The Kier molecular flexibility index (Phi) is 7.61. The van der Waals surface area contributed by atoms with Crippen LogP contribution < -0.4 is 10.5 Å². The number of primary amides is 1. The molecule has 4 rings (SSSR count). The highest BCUT2D eigenvalue weighted by atomic mass is 28.4. The van der Waals surface area contributed by atoms with Gasteiger partial charge in [-0.2, -0.15) is 0 Å². The summed E-state index contributed by atoms with van der Waals surface area (Å²) in [5.41, 5.74) is 6.66. The minimum Gasteiger partial charge on any atom is -0.493 e. The fourth-order valence-corrected chi connectivity index (χ4v) is 5.67. The first-order valence-electron chi connectivity index (χ1n) is 12.7. The van der Waals surface area contributed by atoms with E-state index in [1.54, 1.807) is 18.8 Å². The van der Waals surface area contributed by atoms with Gasteiger partial charge in [0.1, 0.15) is 17.2 Å². The van der Waals surface area contributed by atoms with Crippen LogP contribution in [0.3, 0.4) is 0 Å². The van der Waals surface area contributed by atoms with Gasteiger partial charge in [-0.1, -0.05) is 57.2 Å². The van der Waals surface area contributed by atoms with Gasteiger partial charge in [-0.05, 0) is 37.2 Å². The topological polar surface area (TPSA) is 92.5 Å². The molecule has 4 aromatic rings. The van der Waals surface area contributed by atoms with Gasteiger partial charge in [0.15, 0.2) is 8.32 Å². The van der Waals surface area contributed by atoms with E-state index in [0.29, 0.717) is 13.0 Å². The number of aromatic nitrogens is 2. The standard InChI is InChI=1S/C29H37N3O4Si/c1-20(36-37(5,6)29(2,3)4)26(32-17-25(28(30)33)31-19-32)14-15-34-23-12-9-11-21(16-23)27-24-13-8-7-10-22(24)18-35-27/h7-13,16-20,26H,14-15H2,1-6H3,(H2,30,33). The molecule has 0 bridgehead atoms. The second kappa shape index (κ2) is 10.6. The fraction of sp³-hybridized carbons (Fsp3) is 0.379. The summed E-state index contributed by atoms with van der Waals surface area (Å²) in [7, 11) is -2.02. The van der Waals surface area contributed by atoms with Gasteiger partial charge in [-0.3, -0.25) is 4.79 Å². The smallest absolute Gasteiger partial charge is 0.268 e. The van der Waals surface area contributed by atoms with Crippen LogP contribution in [0.25, 0.3) is 22.1 Å². The molecule has 2 aromatic heterocycles. The summed E-state index contributed by atoms with van der Waals surface area (Å²) < 4.78 is 20.7. The van der Waals surface area contributed by atoms with E-state index in [0.717, 1.165) is 27.8 Å². The van der Waals surface area contributed by atoms with Crippen molar-refractivity contribution in [3.8, 4) is 17.1 Å². The minimum atomic E-state index is -2.02. The molecule has 7 nitrogen and oxygen atoms in total. The van der Waals surface area contributed by atoms with E-state index in [1.165, 1.54) is 0 Å². The first-order valence-corrected chi connectivity index (χ1v) is 15.6. The van der Waals surface area contributed by atoms with Crippen molar-refractivity contribution in [1.82, 2.24) is 9.55 Å². The molecular weight excluding hydrogens is 482 g/mol. The van der Waals surface area contributed by atoms with Gasteiger partial charge in [0.25, 0.3) is 5.91 Å². The number of benzene rings is 2. The first kappa shape index (κ1) is 26.7. The number of imidazole rings is 1. The van der Waals surface area contributed by atoms with Crippen LogP contribution in [0, 0.1) is 0 Å². The van der Waals surface area contributed by atoms with Crippen molar-refractivity contribution < 1.29 is 18.4 Å². The number of carbonyl (C=O) groups excluding carboxylic acids is 1. The Morgan fingerprint density at radius 2 is 1.92 bits per heavy atom. The summed E-state index contributed by atoms with van der Waals surface area (Å²) in [6.07, 6.45) is 5.68. The second-order valence-corrected chi connectivity index (χ2v) is 15.8. The summed E-state index contributed by atoms with van der Waals surface area (Å²) in [6.45, 7) is 13.7. The van der Waals surface area contributed by atoms with E-state index in [1.807, 2.05) is 47.0 Å². The molecular formula is C29H37N3O4Si. The molecule has 0 fully saturated rings. The van der Waals surface area contributed by atoms with Gasteiger partial charge in [-0.25, -0.2) is 4.98 Å². The van der Waals surface area contributed by atoms with Crippen LogP contribution in [-0.2, 0) is 4.43 Å². The fourth-order valence-electron chi connectivity index (χ4n) is 4.23. The zero-order chi connectivity index (χ0) is 26.8. The Morgan fingerprint density at radius 3 is 2.62 bits per heavy atom. The number of ether oxygens (including phenoxy) is 1. The summed E-state index contributed by atoms with van der Waals surface area (Å²) in [6, 6.07) is 16.0.